The first kappa shape index (κ1) is 14.2. The molecular formula is C16H19N3O. The number of benzene rings is 1. The molecule has 104 valence electrons. The van der Waals surface area contributed by atoms with Crippen LogP contribution in [0.1, 0.15) is 11.1 Å². The minimum atomic E-state index is 0.559. The third-order valence-electron chi connectivity index (χ3n) is 2.77. The molecule has 0 amide bonds. The summed E-state index contributed by atoms with van der Waals surface area (Å²) in [5, 5.41) is 4.29. The van der Waals surface area contributed by atoms with Crippen LogP contribution in [0.2, 0.25) is 0 Å². The Morgan fingerprint density at radius 3 is 2.50 bits per heavy atom. The Bertz CT molecular complexity index is 497. The van der Waals surface area contributed by atoms with E-state index in [0.29, 0.717) is 6.61 Å². The van der Waals surface area contributed by atoms with Crippen molar-refractivity contribution < 1.29 is 4.84 Å². The van der Waals surface area contributed by atoms with Gasteiger partial charge in [-0.25, -0.2) is 0 Å². The predicted octanol–water partition coefficient (Wildman–Crippen LogP) is 2.41. The molecule has 0 fully saturated rings. The number of pyridine rings is 1. The third kappa shape index (κ3) is 4.17. The van der Waals surface area contributed by atoms with E-state index >= 15 is 0 Å². The van der Waals surface area contributed by atoms with Crippen LogP contribution in [-0.2, 0) is 4.84 Å². The third-order valence-corrected chi connectivity index (χ3v) is 2.77. The van der Waals surface area contributed by atoms with Gasteiger partial charge in [0.15, 0.2) is 0 Å². The Labute approximate surface area is 119 Å². The van der Waals surface area contributed by atoms with Crippen LogP contribution in [0, 0.1) is 0 Å². The van der Waals surface area contributed by atoms with Crippen molar-refractivity contribution in [2.24, 2.45) is 5.16 Å². The molecule has 0 saturated heterocycles. The second-order valence-corrected chi connectivity index (χ2v) is 4.68. The topological polar surface area (TPSA) is 37.7 Å². The molecule has 4 nitrogen and oxygen atoms in total. The summed E-state index contributed by atoms with van der Waals surface area (Å²) in [4.78, 5) is 11.6. The zero-order valence-corrected chi connectivity index (χ0v) is 11.9. The van der Waals surface area contributed by atoms with E-state index in [-0.39, 0.29) is 0 Å². The maximum Gasteiger partial charge on any atom is 0.129 e. The van der Waals surface area contributed by atoms with Crippen LogP contribution >= 0.6 is 0 Å². The first-order chi connectivity index (χ1) is 9.77. The number of likely N-dealkylation sites (N-methyl/N-ethyl adjacent to an activating group) is 1. The molecule has 0 atom stereocenters. The van der Waals surface area contributed by atoms with Crippen molar-refractivity contribution in [3.8, 4) is 0 Å². The van der Waals surface area contributed by atoms with E-state index in [2.05, 4.69) is 15.0 Å². The van der Waals surface area contributed by atoms with Crippen molar-refractivity contribution in [3.05, 3.63) is 66.0 Å². The Hall–Kier alpha value is -2.20. The fourth-order valence-electron chi connectivity index (χ4n) is 1.70. The first-order valence-corrected chi connectivity index (χ1v) is 6.58. The van der Waals surface area contributed by atoms with Crippen LogP contribution in [0.15, 0.2) is 60.0 Å². The fraction of sp³-hybridized carbons (Fsp3) is 0.250. The van der Waals surface area contributed by atoms with Gasteiger partial charge in [0.25, 0.3) is 0 Å². The number of aromatic nitrogens is 1. The second kappa shape index (κ2) is 7.40. The normalized spacial score (nSPS) is 11.7. The summed E-state index contributed by atoms with van der Waals surface area (Å²) in [6.07, 6.45) is 3.54. The molecule has 0 spiro atoms. The molecule has 0 aliphatic carbocycles. The monoisotopic (exact) mass is 269 g/mol. The number of rotatable bonds is 6. The Morgan fingerprint density at radius 2 is 1.85 bits per heavy atom. The lowest BCUT2D eigenvalue weighted by molar-refractivity contribution is 0.126. The minimum absolute atomic E-state index is 0.559. The number of hydrogen-bond donors (Lipinski definition) is 0. The van der Waals surface area contributed by atoms with E-state index in [1.807, 2.05) is 56.6 Å². The molecule has 0 N–H and O–H groups in total. The predicted molar refractivity (Wildman–Crippen MR) is 80.8 cm³/mol. The van der Waals surface area contributed by atoms with Gasteiger partial charge in [-0.1, -0.05) is 35.5 Å². The van der Waals surface area contributed by atoms with Crippen molar-refractivity contribution in [3.63, 3.8) is 0 Å². The first-order valence-electron chi connectivity index (χ1n) is 6.58. The van der Waals surface area contributed by atoms with Crippen LogP contribution in [0.5, 0.6) is 0 Å². The van der Waals surface area contributed by atoms with Gasteiger partial charge in [0.1, 0.15) is 12.3 Å². The molecule has 0 bridgehead atoms. The Kier molecular flexibility index (Phi) is 5.26. The largest absolute Gasteiger partial charge is 0.394 e. The summed E-state index contributed by atoms with van der Waals surface area (Å²) in [6.45, 7) is 1.39. The molecule has 2 aromatic rings. The van der Waals surface area contributed by atoms with E-state index in [1.54, 1.807) is 12.4 Å². The van der Waals surface area contributed by atoms with E-state index in [4.69, 9.17) is 4.84 Å². The molecular weight excluding hydrogens is 250 g/mol. The Morgan fingerprint density at radius 1 is 1.10 bits per heavy atom. The maximum atomic E-state index is 5.43. The zero-order valence-electron chi connectivity index (χ0n) is 11.9. The molecule has 2 rings (SSSR count). The highest BCUT2D eigenvalue weighted by Crippen LogP contribution is 2.10. The lowest BCUT2D eigenvalue weighted by Gasteiger charge is -2.09. The van der Waals surface area contributed by atoms with Gasteiger partial charge in [-0.05, 0) is 26.2 Å². The van der Waals surface area contributed by atoms with E-state index in [0.717, 1.165) is 23.4 Å². The summed E-state index contributed by atoms with van der Waals surface area (Å²) in [7, 11) is 4.01. The molecule has 1 aromatic carbocycles. The van der Waals surface area contributed by atoms with Gasteiger partial charge in [0, 0.05) is 30.1 Å². The van der Waals surface area contributed by atoms with Gasteiger partial charge in [0.05, 0.1) is 0 Å². The van der Waals surface area contributed by atoms with Crippen molar-refractivity contribution in [1.29, 1.82) is 0 Å². The van der Waals surface area contributed by atoms with Crippen LogP contribution in [-0.4, -0.2) is 42.8 Å². The average molecular weight is 269 g/mol. The molecule has 1 aromatic heterocycles. The van der Waals surface area contributed by atoms with Crippen molar-refractivity contribution in [1.82, 2.24) is 9.88 Å². The van der Waals surface area contributed by atoms with Gasteiger partial charge < -0.3 is 9.74 Å². The highest BCUT2D eigenvalue weighted by Gasteiger charge is 2.07. The van der Waals surface area contributed by atoms with Gasteiger partial charge in [-0.3, -0.25) is 4.98 Å². The van der Waals surface area contributed by atoms with Gasteiger partial charge >= 0.3 is 0 Å². The smallest absolute Gasteiger partial charge is 0.129 e. The van der Waals surface area contributed by atoms with Crippen molar-refractivity contribution in [2.45, 2.75) is 0 Å². The number of hydrogen-bond acceptors (Lipinski definition) is 4. The highest BCUT2D eigenvalue weighted by molar-refractivity contribution is 6.12. The lowest BCUT2D eigenvalue weighted by atomic mass is 10.0. The van der Waals surface area contributed by atoms with Crippen LogP contribution in [0.25, 0.3) is 0 Å². The molecule has 20 heavy (non-hydrogen) atoms. The van der Waals surface area contributed by atoms with Gasteiger partial charge in [-0.2, -0.15) is 0 Å². The highest BCUT2D eigenvalue weighted by atomic mass is 16.6. The molecule has 4 heteroatoms. The lowest BCUT2D eigenvalue weighted by Crippen LogP contribution is -2.17. The molecule has 0 aliphatic rings. The molecule has 0 unspecified atom stereocenters. The number of nitrogens with zero attached hydrogens (tertiary/aromatic N) is 3. The molecule has 0 radical (unpaired) electrons. The quantitative estimate of drug-likeness (QED) is 0.459. The average Bonchev–Trinajstić information content (AvgIpc) is 2.49. The van der Waals surface area contributed by atoms with Crippen LogP contribution < -0.4 is 0 Å². The SMILES string of the molecule is CN(C)CCO/N=C(\c1ccccc1)c1cccnc1. The summed E-state index contributed by atoms with van der Waals surface area (Å²) in [6, 6.07) is 13.9. The summed E-state index contributed by atoms with van der Waals surface area (Å²) in [5.41, 5.74) is 2.77. The summed E-state index contributed by atoms with van der Waals surface area (Å²) < 4.78 is 0. The summed E-state index contributed by atoms with van der Waals surface area (Å²) in [5.74, 6) is 0. The minimum Gasteiger partial charge on any atom is -0.394 e. The standard InChI is InChI=1S/C16H19N3O/c1-19(2)11-12-20-18-16(14-7-4-3-5-8-14)15-9-6-10-17-13-15/h3-10,13H,11-12H2,1-2H3/b18-16+. The van der Waals surface area contributed by atoms with Crippen LogP contribution in [0.3, 0.4) is 0 Å². The van der Waals surface area contributed by atoms with E-state index in [9.17, 15) is 0 Å². The Balaban J connectivity index is 2.19. The zero-order chi connectivity index (χ0) is 14.2. The van der Waals surface area contributed by atoms with Crippen molar-refractivity contribution >= 4 is 5.71 Å². The molecule has 1 heterocycles. The van der Waals surface area contributed by atoms with Gasteiger partial charge in [-0.15, -0.1) is 0 Å². The van der Waals surface area contributed by atoms with E-state index < -0.39 is 0 Å². The second-order valence-electron chi connectivity index (χ2n) is 4.68. The van der Waals surface area contributed by atoms with Gasteiger partial charge in [0.2, 0.25) is 0 Å². The van der Waals surface area contributed by atoms with Crippen molar-refractivity contribution in [2.75, 3.05) is 27.2 Å². The molecule has 0 saturated carbocycles. The number of oxime groups is 1. The van der Waals surface area contributed by atoms with E-state index in [1.165, 1.54) is 0 Å². The fourth-order valence-corrected chi connectivity index (χ4v) is 1.70. The maximum absolute atomic E-state index is 5.43. The summed E-state index contributed by atoms with van der Waals surface area (Å²) >= 11 is 0. The van der Waals surface area contributed by atoms with Crippen LogP contribution in [0.4, 0.5) is 0 Å². The molecule has 0 aliphatic heterocycles.